The molecule has 16 heavy (non-hydrogen) atoms. The molecule has 0 fully saturated rings. The smallest absolute Gasteiger partial charge is 0.320 e. The summed E-state index contributed by atoms with van der Waals surface area (Å²) in [7, 11) is 0. The van der Waals surface area contributed by atoms with Crippen molar-refractivity contribution in [1.82, 2.24) is 0 Å². The number of nitrogens with two attached hydrogens (primary N) is 1. The molecule has 3 heteroatoms. The summed E-state index contributed by atoms with van der Waals surface area (Å²) < 4.78 is 0. The second kappa shape index (κ2) is 4.66. The largest absolute Gasteiger partial charge is 0.480 e. The number of hydrogen-bond acceptors (Lipinski definition) is 2. The maximum Gasteiger partial charge on any atom is 0.320 e. The van der Waals surface area contributed by atoms with Gasteiger partial charge in [0.1, 0.15) is 6.04 Å². The molecular formula is C13H17NO2. The first kappa shape index (κ1) is 11.1. The number of benzene rings is 1. The molecule has 0 aromatic heterocycles. The van der Waals surface area contributed by atoms with Gasteiger partial charge in [0, 0.05) is 0 Å². The van der Waals surface area contributed by atoms with Gasteiger partial charge in [-0.15, -0.1) is 0 Å². The molecule has 0 unspecified atom stereocenters. The highest BCUT2D eigenvalue weighted by molar-refractivity contribution is 5.73. The molecule has 0 radical (unpaired) electrons. The van der Waals surface area contributed by atoms with E-state index in [1.807, 2.05) is 6.07 Å². The third-order valence-electron chi connectivity index (χ3n) is 3.19. The summed E-state index contributed by atoms with van der Waals surface area (Å²) in [5.41, 5.74) is 9.35. The number of aliphatic carboxylic acids is 1. The molecule has 0 amide bonds. The molecule has 1 atom stereocenters. The number of hydrogen-bond donors (Lipinski definition) is 2. The molecule has 1 aromatic rings. The van der Waals surface area contributed by atoms with Crippen LogP contribution in [0.3, 0.4) is 0 Å². The van der Waals surface area contributed by atoms with Gasteiger partial charge in [-0.3, -0.25) is 4.79 Å². The van der Waals surface area contributed by atoms with E-state index in [-0.39, 0.29) is 0 Å². The Morgan fingerprint density at radius 2 is 2.00 bits per heavy atom. The Balaban J connectivity index is 2.14. The highest BCUT2D eigenvalue weighted by Crippen LogP contribution is 2.22. The second-order valence-corrected chi connectivity index (χ2v) is 4.46. The minimum Gasteiger partial charge on any atom is -0.480 e. The van der Waals surface area contributed by atoms with Crippen molar-refractivity contribution in [2.24, 2.45) is 5.73 Å². The predicted molar refractivity (Wildman–Crippen MR) is 62.4 cm³/mol. The van der Waals surface area contributed by atoms with Crippen molar-refractivity contribution in [2.75, 3.05) is 0 Å². The normalized spacial score (nSPS) is 16.6. The van der Waals surface area contributed by atoms with Gasteiger partial charge in [0.25, 0.3) is 0 Å². The van der Waals surface area contributed by atoms with Gasteiger partial charge in [-0.2, -0.15) is 0 Å². The minimum absolute atomic E-state index is 0.419. The third-order valence-corrected chi connectivity index (χ3v) is 3.19. The van der Waals surface area contributed by atoms with Gasteiger partial charge in [0.2, 0.25) is 0 Å². The van der Waals surface area contributed by atoms with E-state index in [0.717, 1.165) is 18.4 Å². The first-order chi connectivity index (χ1) is 7.66. The minimum atomic E-state index is -0.933. The van der Waals surface area contributed by atoms with Crippen molar-refractivity contribution in [3.05, 3.63) is 34.9 Å². The standard InChI is InChI=1S/C13H17NO2/c14-12(13(15)16)8-9-5-6-10-3-1-2-4-11(10)7-9/h5-7,12H,1-4,8,14H2,(H,15,16)/t12-/m0/s1. The van der Waals surface area contributed by atoms with Crippen LogP contribution in [-0.2, 0) is 24.1 Å². The SMILES string of the molecule is N[C@@H](Cc1ccc2c(c1)CCCC2)C(=O)O. The Labute approximate surface area is 95.3 Å². The lowest BCUT2D eigenvalue weighted by Crippen LogP contribution is -2.32. The highest BCUT2D eigenvalue weighted by atomic mass is 16.4. The molecule has 3 nitrogen and oxygen atoms in total. The molecule has 0 saturated heterocycles. The number of fused-ring (bicyclic) bond motifs is 1. The topological polar surface area (TPSA) is 63.3 Å². The van der Waals surface area contributed by atoms with Gasteiger partial charge in [0.15, 0.2) is 0 Å². The molecule has 0 heterocycles. The van der Waals surface area contributed by atoms with Gasteiger partial charge in [-0.1, -0.05) is 18.2 Å². The van der Waals surface area contributed by atoms with E-state index >= 15 is 0 Å². The lowest BCUT2D eigenvalue weighted by Gasteiger charge is -2.17. The van der Waals surface area contributed by atoms with Crippen molar-refractivity contribution < 1.29 is 9.90 Å². The summed E-state index contributed by atoms with van der Waals surface area (Å²) in [5, 5.41) is 8.76. The van der Waals surface area contributed by atoms with Gasteiger partial charge in [0.05, 0.1) is 0 Å². The zero-order valence-electron chi connectivity index (χ0n) is 9.28. The van der Waals surface area contributed by atoms with E-state index in [9.17, 15) is 4.79 Å². The van der Waals surface area contributed by atoms with Crippen molar-refractivity contribution >= 4 is 5.97 Å². The van der Waals surface area contributed by atoms with Crippen LogP contribution in [0.25, 0.3) is 0 Å². The second-order valence-electron chi connectivity index (χ2n) is 4.46. The van der Waals surface area contributed by atoms with Crippen LogP contribution in [0.2, 0.25) is 0 Å². The Kier molecular flexibility index (Phi) is 3.25. The molecule has 0 spiro atoms. The maximum atomic E-state index is 10.7. The van der Waals surface area contributed by atoms with E-state index in [1.165, 1.54) is 24.0 Å². The summed E-state index contributed by atoms with van der Waals surface area (Å²) in [4.78, 5) is 10.7. The molecule has 1 aliphatic rings. The van der Waals surface area contributed by atoms with Crippen LogP contribution in [0, 0.1) is 0 Å². The first-order valence-corrected chi connectivity index (χ1v) is 5.76. The molecule has 0 saturated carbocycles. The van der Waals surface area contributed by atoms with E-state index < -0.39 is 12.0 Å². The van der Waals surface area contributed by atoms with E-state index in [1.54, 1.807) is 0 Å². The van der Waals surface area contributed by atoms with E-state index in [2.05, 4.69) is 12.1 Å². The maximum absolute atomic E-state index is 10.7. The lowest BCUT2D eigenvalue weighted by molar-refractivity contribution is -0.138. The monoisotopic (exact) mass is 219 g/mol. The Bertz CT molecular complexity index is 401. The Morgan fingerprint density at radius 3 is 2.69 bits per heavy atom. The van der Waals surface area contributed by atoms with Crippen molar-refractivity contribution in [3.8, 4) is 0 Å². The van der Waals surface area contributed by atoms with Crippen LogP contribution >= 0.6 is 0 Å². The fraction of sp³-hybridized carbons (Fsp3) is 0.462. The van der Waals surface area contributed by atoms with Crippen LogP contribution in [0.4, 0.5) is 0 Å². The van der Waals surface area contributed by atoms with Crippen LogP contribution in [0.1, 0.15) is 29.5 Å². The molecule has 1 aromatic carbocycles. The number of carbonyl (C=O) groups is 1. The molecule has 86 valence electrons. The van der Waals surface area contributed by atoms with Crippen molar-refractivity contribution in [1.29, 1.82) is 0 Å². The molecule has 1 aliphatic carbocycles. The van der Waals surface area contributed by atoms with Crippen LogP contribution in [0.5, 0.6) is 0 Å². The lowest BCUT2D eigenvalue weighted by atomic mass is 9.89. The van der Waals surface area contributed by atoms with Gasteiger partial charge < -0.3 is 10.8 Å². The van der Waals surface area contributed by atoms with Gasteiger partial charge in [-0.25, -0.2) is 0 Å². The molecular weight excluding hydrogens is 202 g/mol. The number of aryl methyl sites for hydroxylation is 2. The average molecular weight is 219 g/mol. The molecule has 3 N–H and O–H groups in total. The Hall–Kier alpha value is -1.35. The average Bonchev–Trinajstić information content (AvgIpc) is 2.28. The van der Waals surface area contributed by atoms with Crippen LogP contribution in [0.15, 0.2) is 18.2 Å². The zero-order valence-corrected chi connectivity index (χ0v) is 9.28. The third kappa shape index (κ3) is 2.42. The van der Waals surface area contributed by atoms with E-state index in [0.29, 0.717) is 6.42 Å². The fourth-order valence-electron chi connectivity index (χ4n) is 2.25. The summed E-state index contributed by atoms with van der Waals surface area (Å²) in [5.74, 6) is -0.933. The summed E-state index contributed by atoms with van der Waals surface area (Å²) in [6, 6.07) is 5.46. The molecule has 2 rings (SSSR count). The highest BCUT2D eigenvalue weighted by Gasteiger charge is 2.14. The van der Waals surface area contributed by atoms with Crippen LogP contribution in [-0.4, -0.2) is 17.1 Å². The first-order valence-electron chi connectivity index (χ1n) is 5.76. The van der Waals surface area contributed by atoms with E-state index in [4.69, 9.17) is 10.8 Å². The number of carboxylic acids is 1. The fourth-order valence-corrected chi connectivity index (χ4v) is 2.25. The quantitative estimate of drug-likeness (QED) is 0.810. The molecule has 0 bridgehead atoms. The summed E-state index contributed by atoms with van der Waals surface area (Å²) in [6.07, 6.45) is 5.19. The van der Waals surface area contributed by atoms with Gasteiger partial charge >= 0.3 is 5.97 Å². The Morgan fingerprint density at radius 1 is 1.31 bits per heavy atom. The van der Waals surface area contributed by atoms with Crippen LogP contribution < -0.4 is 5.73 Å². The predicted octanol–water partition coefficient (Wildman–Crippen LogP) is 1.52. The van der Waals surface area contributed by atoms with Crippen molar-refractivity contribution in [2.45, 2.75) is 38.1 Å². The zero-order chi connectivity index (χ0) is 11.5. The molecule has 0 aliphatic heterocycles. The summed E-state index contributed by atoms with van der Waals surface area (Å²) in [6.45, 7) is 0. The van der Waals surface area contributed by atoms with Gasteiger partial charge in [-0.05, 0) is 48.8 Å². The number of carboxylic acid groups (broad SMARTS) is 1. The number of rotatable bonds is 3. The van der Waals surface area contributed by atoms with Crippen molar-refractivity contribution in [3.63, 3.8) is 0 Å². The summed E-state index contributed by atoms with van der Waals surface area (Å²) >= 11 is 0.